The first-order chi connectivity index (χ1) is 9.14. The molecule has 3 N–H and O–H groups in total. The van der Waals surface area contributed by atoms with E-state index in [1.165, 1.54) is 6.07 Å². The first kappa shape index (κ1) is 15.9. The number of esters is 1. The molecule has 0 saturated carbocycles. The highest BCUT2D eigenvalue weighted by molar-refractivity contribution is 5.91. The molecule has 0 radical (unpaired) electrons. The lowest BCUT2D eigenvalue weighted by Gasteiger charge is -2.20. The summed E-state index contributed by atoms with van der Waals surface area (Å²) in [6.07, 6.45) is -0.527. The van der Waals surface area contributed by atoms with Crippen LogP contribution in [0.2, 0.25) is 0 Å². The van der Waals surface area contributed by atoms with E-state index in [-0.39, 0.29) is 23.4 Å². The minimum atomic E-state index is -0.684. The van der Waals surface area contributed by atoms with Crippen LogP contribution in [-0.4, -0.2) is 27.8 Å². The molecule has 0 aliphatic heterocycles. The number of ether oxygens (including phenoxy) is 1. The summed E-state index contributed by atoms with van der Waals surface area (Å²) in [5, 5.41) is 18.4. The zero-order valence-electron chi connectivity index (χ0n) is 12.1. The number of hydrogen-bond donors (Lipinski definition) is 2. The number of nitrogen functional groups attached to an aromatic ring is 1. The van der Waals surface area contributed by atoms with E-state index >= 15 is 0 Å². The fourth-order valence-electron chi connectivity index (χ4n) is 1.60. The third-order valence-corrected chi connectivity index (χ3v) is 2.36. The predicted molar refractivity (Wildman–Crippen MR) is 73.9 cm³/mol. The third kappa shape index (κ3) is 4.21. The molecule has 0 amide bonds. The highest BCUT2D eigenvalue weighted by Gasteiger charge is 2.23. The molecule has 0 aromatic carbocycles. The number of hydrogen-bond acceptors (Lipinski definition) is 6. The number of aliphatic hydroxyl groups is 1. The van der Waals surface area contributed by atoms with Gasteiger partial charge in [-0.3, -0.25) is 0 Å². The predicted octanol–water partition coefficient (Wildman–Crippen LogP) is 1.41. The summed E-state index contributed by atoms with van der Waals surface area (Å²) in [7, 11) is 0. The molecule has 0 spiro atoms. The fourth-order valence-corrected chi connectivity index (χ4v) is 1.60. The van der Waals surface area contributed by atoms with Crippen molar-refractivity contribution in [1.82, 2.24) is 4.98 Å². The molecule has 0 fully saturated rings. The number of nitrogens with two attached hydrogens (primary N) is 1. The molecule has 0 aliphatic rings. The first-order valence-electron chi connectivity index (χ1n) is 6.25. The second-order valence-electron chi connectivity index (χ2n) is 5.58. The van der Waals surface area contributed by atoms with E-state index in [0.29, 0.717) is 5.69 Å². The van der Waals surface area contributed by atoms with Crippen molar-refractivity contribution in [2.75, 3.05) is 5.73 Å². The fraction of sp³-hybridized carbons (Fsp3) is 0.500. The van der Waals surface area contributed by atoms with E-state index < -0.39 is 17.7 Å². The Labute approximate surface area is 118 Å². The van der Waals surface area contributed by atoms with Gasteiger partial charge in [0.2, 0.25) is 0 Å². The van der Waals surface area contributed by atoms with E-state index in [9.17, 15) is 9.90 Å². The van der Waals surface area contributed by atoms with Gasteiger partial charge in [0.1, 0.15) is 17.5 Å². The van der Waals surface area contributed by atoms with Gasteiger partial charge in [0, 0.05) is 6.42 Å². The number of rotatable bonds is 3. The Morgan fingerprint density at radius 1 is 1.60 bits per heavy atom. The summed E-state index contributed by atoms with van der Waals surface area (Å²) in [5.41, 5.74) is 5.57. The summed E-state index contributed by atoms with van der Waals surface area (Å²) in [5.74, 6) is -0.549. The van der Waals surface area contributed by atoms with Crippen molar-refractivity contribution in [2.24, 2.45) is 0 Å². The van der Waals surface area contributed by atoms with Gasteiger partial charge in [-0.05, 0) is 33.8 Å². The average Bonchev–Trinajstić information content (AvgIpc) is 2.25. The minimum Gasteiger partial charge on any atom is -0.456 e. The SMILES string of the molecule is CC(O)Cc1nc(N)c(C#N)cc1C(=O)OC(C)(C)C. The largest absolute Gasteiger partial charge is 0.456 e. The van der Waals surface area contributed by atoms with Crippen LogP contribution in [0, 0.1) is 11.3 Å². The molecule has 1 aromatic heterocycles. The Morgan fingerprint density at radius 2 is 2.20 bits per heavy atom. The van der Waals surface area contributed by atoms with E-state index in [1.807, 2.05) is 6.07 Å². The lowest BCUT2D eigenvalue weighted by molar-refractivity contribution is 0.00674. The molecule has 6 nitrogen and oxygen atoms in total. The van der Waals surface area contributed by atoms with Crippen molar-refractivity contribution in [3.63, 3.8) is 0 Å². The highest BCUT2D eigenvalue weighted by Crippen LogP contribution is 2.20. The van der Waals surface area contributed by atoms with Gasteiger partial charge in [0.15, 0.2) is 0 Å². The Hall–Kier alpha value is -2.13. The van der Waals surface area contributed by atoms with Crippen LogP contribution in [-0.2, 0) is 11.2 Å². The van der Waals surface area contributed by atoms with Crippen molar-refractivity contribution in [3.05, 3.63) is 22.9 Å². The van der Waals surface area contributed by atoms with Gasteiger partial charge in [-0.15, -0.1) is 0 Å². The molecular weight excluding hydrogens is 258 g/mol. The zero-order chi connectivity index (χ0) is 15.5. The van der Waals surface area contributed by atoms with Crippen molar-refractivity contribution in [2.45, 2.75) is 45.8 Å². The Balaban J connectivity index is 3.27. The summed E-state index contributed by atoms with van der Waals surface area (Å²) in [6, 6.07) is 3.23. The number of carbonyl (C=O) groups excluding carboxylic acids is 1. The van der Waals surface area contributed by atoms with Crippen molar-refractivity contribution in [3.8, 4) is 6.07 Å². The molecular formula is C14H19N3O3. The maximum Gasteiger partial charge on any atom is 0.340 e. The number of pyridine rings is 1. The number of aromatic nitrogens is 1. The second-order valence-corrected chi connectivity index (χ2v) is 5.58. The van der Waals surface area contributed by atoms with Gasteiger partial charge in [-0.2, -0.15) is 5.26 Å². The van der Waals surface area contributed by atoms with Gasteiger partial charge in [-0.1, -0.05) is 0 Å². The molecule has 1 aromatic rings. The Bertz CT molecular complexity index is 554. The minimum absolute atomic E-state index is 0.0375. The van der Waals surface area contributed by atoms with Crippen LogP contribution in [0.1, 0.15) is 49.3 Å². The van der Waals surface area contributed by atoms with Gasteiger partial charge in [-0.25, -0.2) is 9.78 Å². The number of anilines is 1. The molecule has 0 bridgehead atoms. The average molecular weight is 277 g/mol. The standard InChI is InChI=1S/C14H19N3O3/c1-8(18)5-11-10(13(19)20-14(2,3)4)6-9(7-15)12(16)17-11/h6,8,18H,5H2,1-4H3,(H2,16,17). The van der Waals surface area contributed by atoms with Crippen LogP contribution < -0.4 is 5.73 Å². The molecule has 1 rings (SSSR count). The maximum atomic E-state index is 12.1. The van der Waals surface area contributed by atoms with E-state index in [1.54, 1.807) is 27.7 Å². The Morgan fingerprint density at radius 3 is 2.65 bits per heavy atom. The first-order valence-corrected chi connectivity index (χ1v) is 6.25. The monoisotopic (exact) mass is 277 g/mol. The molecule has 0 saturated heterocycles. The molecule has 1 atom stereocenters. The quantitative estimate of drug-likeness (QED) is 0.808. The molecule has 1 heterocycles. The van der Waals surface area contributed by atoms with Gasteiger partial charge in [0.05, 0.1) is 22.9 Å². The smallest absolute Gasteiger partial charge is 0.340 e. The summed E-state index contributed by atoms with van der Waals surface area (Å²) in [6.45, 7) is 6.81. The molecule has 20 heavy (non-hydrogen) atoms. The summed E-state index contributed by atoms with van der Waals surface area (Å²) in [4.78, 5) is 16.2. The van der Waals surface area contributed by atoms with Crippen LogP contribution >= 0.6 is 0 Å². The zero-order valence-corrected chi connectivity index (χ0v) is 12.1. The summed E-state index contributed by atoms with van der Waals surface area (Å²) < 4.78 is 5.27. The van der Waals surface area contributed by atoms with Crippen LogP contribution in [0.15, 0.2) is 6.07 Å². The molecule has 1 unspecified atom stereocenters. The molecule has 0 aliphatic carbocycles. The number of nitrogens with zero attached hydrogens (tertiary/aromatic N) is 2. The molecule has 108 valence electrons. The number of aliphatic hydroxyl groups excluding tert-OH is 1. The third-order valence-electron chi connectivity index (χ3n) is 2.36. The topological polar surface area (TPSA) is 109 Å². The van der Waals surface area contributed by atoms with Gasteiger partial charge in [0.25, 0.3) is 0 Å². The van der Waals surface area contributed by atoms with E-state index in [4.69, 9.17) is 15.7 Å². The van der Waals surface area contributed by atoms with Gasteiger partial charge >= 0.3 is 5.97 Å². The van der Waals surface area contributed by atoms with Crippen molar-refractivity contribution < 1.29 is 14.6 Å². The van der Waals surface area contributed by atoms with Crippen LogP contribution in [0.25, 0.3) is 0 Å². The normalized spacial score (nSPS) is 12.6. The van der Waals surface area contributed by atoms with E-state index in [2.05, 4.69) is 4.98 Å². The van der Waals surface area contributed by atoms with Crippen LogP contribution in [0.3, 0.4) is 0 Å². The second kappa shape index (κ2) is 5.88. The van der Waals surface area contributed by atoms with Crippen LogP contribution in [0.5, 0.6) is 0 Å². The highest BCUT2D eigenvalue weighted by atomic mass is 16.6. The van der Waals surface area contributed by atoms with Crippen molar-refractivity contribution in [1.29, 1.82) is 5.26 Å². The lowest BCUT2D eigenvalue weighted by atomic mass is 10.1. The van der Waals surface area contributed by atoms with Crippen LogP contribution in [0.4, 0.5) is 5.82 Å². The lowest BCUT2D eigenvalue weighted by Crippen LogP contribution is -2.25. The van der Waals surface area contributed by atoms with E-state index in [0.717, 1.165) is 0 Å². The van der Waals surface area contributed by atoms with Crippen molar-refractivity contribution >= 4 is 11.8 Å². The number of nitriles is 1. The van der Waals surface area contributed by atoms with Gasteiger partial charge < -0.3 is 15.6 Å². The Kier molecular flexibility index (Phi) is 4.69. The summed E-state index contributed by atoms with van der Waals surface area (Å²) >= 11 is 0. The molecule has 6 heteroatoms. The maximum absolute atomic E-state index is 12.1. The number of carbonyl (C=O) groups is 1.